The Morgan fingerprint density at radius 2 is 1.73 bits per heavy atom. The number of Topliss-reactive ketones (excluding diaryl/α,β-unsaturated/α-hetero) is 1. The molecule has 5 heteroatoms. The van der Waals surface area contributed by atoms with E-state index in [2.05, 4.69) is 5.73 Å². The van der Waals surface area contributed by atoms with E-state index in [-0.39, 0.29) is 18.8 Å². The quantitative estimate of drug-likeness (QED) is 0.654. The lowest BCUT2D eigenvalue weighted by Gasteiger charge is -1.98. The number of carboxylic acids is 1. The van der Waals surface area contributed by atoms with E-state index in [1.807, 2.05) is 13.8 Å². The predicted molar refractivity (Wildman–Crippen MR) is 59.8 cm³/mol. The Hall–Kier alpha value is -0.940. The molecule has 0 aliphatic carbocycles. The van der Waals surface area contributed by atoms with Gasteiger partial charge in [0.05, 0.1) is 0 Å². The number of aliphatic carboxylic acids is 1. The van der Waals surface area contributed by atoms with Crippen LogP contribution in [0.4, 0.5) is 0 Å². The molecule has 3 N–H and O–H groups in total. The van der Waals surface area contributed by atoms with E-state index in [1.54, 1.807) is 0 Å². The first-order chi connectivity index (χ1) is 7.13. The maximum atomic E-state index is 10.3. The van der Waals surface area contributed by atoms with E-state index in [4.69, 9.17) is 9.84 Å². The fourth-order valence-electron chi connectivity index (χ4n) is 0.541. The van der Waals surface area contributed by atoms with E-state index >= 15 is 0 Å². The van der Waals surface area contributed by atoms with Crippen molar-refractivity contribution < 1.29 is 19.4 Å². The van der Waals surface area contributed by atoms with E-state index in [1.165, 1.54) is 14.0 Å². The summed E-state index contributed by atoms with van der Waals surface area (Å²) in [4.78, 5) is 20.3. The van der Waals surface area contributed by atoms with Gasteiger partial charge in [-0.05, 0) is 20.4 Å². The summed E-state index contributed by atoms with van der Waals surface area (Å²) in [5.41, 5.74) is 4.50. The molecule has 0 bridgehead atoms. The van der Waals surface area contributed by atoms with Crippen LogP contribution in [0.3, 0.4) is 0 Å². The van der Waals surface area contributed by atoms with Crippen LogP contribution in [0.25, 0.3) is 0 Å². The molecule has 0 heterocycles. The van der Waals surface area contributed by atoms with Crippen LogP contribution >= 0.6 is 0 Å². The Kier molecular flexibility index (Phi) is 24.5. The summed E-state index contributed by atoms with van der Waals surface area (Å²) in [5, 5.41) is 8.20. The molecule has 0 aromatic carbocycles. The van der Waals surface area contributed by atoms with Gasteiger partial charge in [-0.3, -0.25) is 9.59 Å². The summed E-state index contributed by atoms with van der Waals surface area (Å²) in [5.74, 6) is -0.878. The van der Waals surface area contributed by atoms with E-state index in [0.29, 0.717) is 13.0 Å². The lowest BCUT2D eigenvalue weighted by Crippen LogP contribution is -2.06. The van der Waals surface area contributed by atoms with Crippen LogP contribution in [0.5, 0.6) is 0 Å². The zero-order valence-electron chi connectivity index (χ0n) is 10.1. The van der Waals surface area contributed by atoms with Crippen molar-refractivity contribution in [3.05, 3.63) is 0 Å². The summed E-state index contributed by atoms with van der Waals surface area (Å²) in [6.45, 7) is 5.85. The molecular weight excluding hydrogens is 198 g/mol. The zero-order valence-corrected chi connectivity index (χ0v) is 10.1. The molecule has 0 rings (SSSR count). The fourth-order valence-corrected chi connectivity index (χ4v) is 0.541. The molecule has 5 nitrogen and oxygen atoms in total. The summed E-state index contributed by atoms with van der Waals surface area (Å²) in [6, 6.07) is 0. The lowest BCUT2D eigenvalue weighted by atomic mass is 10.3. The molecule has 92 valence electrons. The molecule has 0 aromatic rings. The highest BCUT2D eigenvalue weighted by molar-refractivity contribution is 5.76. The van der Waals surface area contributed by atoms with Gasteiger partial charge in [0.25, 0.3) is 0 Å². The van der Waals surface area contributed by atoms with Gasteiger partial charge < -0.3 is 15.6 Å². The van der Waals surface area contributed by atoms with Crippen molar-refractivity contribution in [1.82, 2.24) is 0 Å². The number of ketones is 1. The number of carboxylic acid groups (broad SMARTS) is 1. The maximum Gasteiger partial charge on any atom is 0.303 e. The SMILES string of the molecule is CC.CC(=O)COCCCC(=O)O.CN. The molecule has 0 saturated heterocycles. The number of hydrogen-bond acceptors (Lipinski definition) is 4. The van der Waals surface area contributed by atoms with Crippen LogP contribution in [0.1, 0.15) is 33.6 Å². The van der Waals surface area contributed by atoms with Crippen LogP contribution in [-0.4, -0.2) is 37.1 Å². The summed E-state index contributed by atoms with van der Waals surface area (Å²) in [7, 11) is 1.50. The number of ether oxygens (including phenoxy) is 1. The highest BCUT2D eigenvalue weighted by Gasteiger charge is 1.96. The molecule has 0 aliphatic heterocycles. The van der Waals surface area contributed by atoms with Crippen molar-refractivity contribution in [3.8, 4) is 0 Å². The Balaban J connectivity index is -0.000000318. The van der Waals surface area contributed by atoms with E-state index < -0.39 is 5.97 Å². The van der Waals surface area contributed by atoms with E-state index in [9.17, 15) is 9.59 Å². The third kappa shape index (κ3) is 32.1. The maximum absolute atomic E-state index is 10.3. The minimum absolute atomic E-state index is 0.0414. The summed E-state index contributed by atoms with van der Waals surface area (Å²) in [6.07, 6.45) is 0.556. The van der Waals surface area contributed by atoms with Gasteiger partial charge in [0.15, 0.2) is 5.78 Å². The van der Waals surface area contributed by atoms with Crippen LogP contribution in [0.2, 0.25) is 0 Å². The molecule has 0 aliphatic rings. The van der Waals surface area contributed by atoms with E-state index in [0.717, 1.165) is 0 Å². The van der Waals surface area contributed by atoms with Crippen molar-refractivity contribution in [2.24, 2.45) is 5.73 Å². The minimum atomic E-state index is -0.837. The van der Waals surface area contributed by atoms with Gasteiger partial charge in [0.2, 0.25) is 0 Å². The molecule has 0 aromatic heterocycles. The lowest BCUT2D eigenvalue weighted by molar-refractivity contribution is -0.137. The third-order valence-electron chi connectivity index (χ3n) is 0.985. The average molecular weight is 221 g/mol. The Morgan fingerprint density at radius 1 is 1.27 bits per heavy atom. The van der Waals surface area contributed by atoms with Crippen LogP contribution in [-0.2, 0) is 14.3 Å². The second-order valence-electron chi connectivity index (χ2n) is 2.25. The summed E-state index contributed by atoms with van der Waals surface area (Å²) < 4.78 is 4.83. The second-order valence-corrected chi connectivity index (χ2v) is 2.25. The van der Waals surface area contributed by atoms with Gasteiger partial charge in [-0.25, -0.2) is 0 Å². The third-order valence-corrected chi connectivity index (χ3v) is 0.985. The van der Waals surface area contributed by atoms with Crippen LogP contribution < -0.4 is 5.73 Å². The molecule has 0 amide bonds. The number of rotatable bonds is 6. The fraction of sp³-hybridized carbons (Fsp3) is 0.800. The molecule has 15 heavy (non-hydrogen) atoms. The first-order valence-corrected chi connectivity index (χ1v) is 4.99. The Bertz CT molecular complexity index is 132. The number of nitrogens with two attached hydrogens (primary N) is 1. The van der Waals surface area contributed by atoms with Gasteiger partial charge in [-0.2, -0.15) is 0 Å². The standard InChI is InChI=1S/C7H12O4.C2H6.CH5N/c1-6(8)5-11-4-2-3-7(9)10;2*1-2/h2-5H2,1H3,(H,9,10);1-2H3;2H2,1H3. The van der Waals surface area contributed by atoms with Gasteiger partial charge in [0.1, 0.15) is 6.61 Å². The van der Waals surface area contributed by atoms with Gasteiger partial charge in [0, 0.05) is 13.0 Å². The second kappa shape index (κ2) is 18.8. The van der Waals surface area contributed by atoms with Crippen molar-refractivity contribution in [2.45, 2.75) is 33.6 Å². The van der Waals surface area contributed by atoms with Gasteiger partial charge in [-0.1, -0.05) is 13.8 Å². The van der Waals surface area contributed by atoms with Gasteiger partial charge in [-0.15, -0.1) is 0 Å². The minimum Gasteiger partial charge on any atom is -0.481 e. The molecular formula is C10H23NO4. The monoisotopic (exact) mass is 221 g/mol. The summed E-state index contributed by atoms with van der Waals surface area (Å²) >= 11 is 0. The van der Waals surface area contributed by atoms with Crippen LogP contribution in [0.15, 0.2) is 0 Å². The van der Waals surface area contributed by atoms with Crippen molar-refractivity contribution >= 4 is 11.8 Å². The Labute approximate surface area is 91.6 Å². The largest absolute Gasteiger partial charge is 0.481 e. The average Bonchev–Trinajstić information content (AvgIpc) is 2.22. The number of hydrogen-bond donors (Lipinski definition) is 2. The van der Waals surface area contributed by atoms with Crippen molar-refractivity contribution in [2.75, 3.05) is 20.3 Å². The molecule has 0 fully saturated rings. The van der Waals surface area contributed by atoms with Crippen molar-refractivity contribution in [1.29, 1.82) is 0 Å². The first-order valence-electron chi connectivity index (χ1n) is 4.99. The smallest absolute Gasteiger partial charge is 0.303 e. The Morgan fingerprint density at radius 3 is 2.07 bits per heavy atom. The zero-order chi connectivity index (χ0) is 12.7. The molecule has 0 saturated carbocycles. The molecule has 0 atom stereocenters. The first kappa shape index (κ1) is 19.6. The number of carbonyl (C=O) groups is 2. The normalized spacial score (nSPS) is 7.80. The number of carbonyl (C=O) groups excluding carboxylic acids is 1. The van der Waals surface area contributed by atoms with Gasteiger partial charge >= 0.3 is 5.97 Å². The highest BCUT2D eigenvalue weighted by Crippen LogP contribution is 1.89. The topological polar surface area (TPSA) is 89.6 Å². The van der Waals surface area contributed by atoms with Crippen LogP contribution in [0, 0.1) is 0 Å². The highest BCUT2D eigenvalue weighted by atomic mass is 16.5. The predicted octanol–water partition coefficient (Wildman–Crippen LogP) is 1.06. The molecule has 0 unspecified atom stereocenters. The molecule has 0 spiro atoms. The molecule has 0 radical (unpaired) electrons. The van der Waals surface area contributed by atoms with Crippen molar-refractivity contribution in [3.63, 3.8) is 0 Å².